The fourth-order valence-electron chi connectivity index (χ4n) is 3.55. The number of nitrogens with two attached hydrogens (primary N) is 1. The number of anilines is 1. The molecular weight excluding hydrogens is 306 g/mol. The first-order chi connectivity index (χ1) is 11.7. The highest BCUT2D eigenvalue weighted by molar-refractivity contribution is 6.13. The Hall–Kier alpha value is -2.67. The Morgan fingerprint density at radius 1 is 1.38 bits per heavy atom. The van der Waals surface area contributed by atoms with Crippen LogP contribution >= 0.6 is 0 Å². The molecule has 7 heteroatoms. The second kappa shape index (κ2) is 5.76. The van der Waals surface area contributed by atoms with Crippen molar-refractivity contribution in [2.45, 2.75) is 25.3 Å². The average molecular weight is 325 g/mol. The fourth-order valence-corrected chi connectivity index (χ4v) is 3.55. The molecule has 3 heterocycles. The Morgan fingerprint density at radius 3 is 3.04 bits per heavy atom. The number of aromatic amines is 1. The van der Waals surface area contributed by atoms with Gasteiger partial charge in [-0.25, -0.2) is 9.97 Å². The summed E-state index contributed by atoms with van der Waals surface area (Å²) < 4.78 is 0. The lowest BCUT2D eigenvalue weighted by atomic mass is 10.0. The number of benzene rings is 1. The number of nitrogens with zero attached hydrogens (tertiary/aromatic N) is 3. The van der Waals surface area contributed by atoms with Gasteiger partial charge in [0.15, 0.2) is 0 Å². The van der Waals surface area contributed by atoms with Crippen molar-refractivity contribution in [1.82, 2.24) is 15.0 Å². The first kappa shape index (κ1) is 14.9. The molecule has 24 heavy (non-hydrogen) atoms. The molecule has 1 aliphatic rings. The van der Waals surface area contributed by atoms with E-state index in [1.54, 1.807) is 12.1 Å². The molecule has 1 atom stereocenters. The Labute approximate surface area is 138 Å². The molecule has 124 valence electrons. The summed E-state index contributed by atoms with van der Waals surface area (Å²) in [4.78, 5) is 25.8. The van der Waals surface area contributed by atoms with Gasteiger partial charge in [0.05, 0.1) is 18.0 Å². The van der Waals surface area contributed by atoms with E-state index in [-0.39, 0.29) is 12.6 Å². The molecule has 4 rings (SSSR count). The zero-order valence-electron chi connectivity index (χ0n) is 13.2. The van der Waals surface area contributed by atoms with Gasteiger partial charge in [-0.15, -0.1) is 0 Å². The minimum atomic E-state index is -0.462. The van der Waals surface area contributed by atoms with Gasteiger partial charge in [-0.2, -0.15) is 0 Å². The lowest BCUT2D eigenvalue weighted by Crippen LogP contribution is -2.42. The van der Waals surface area contributed by atoms with Crippen LogP contribution in [0.15, 0.2) is 24.5 Å². The number of aliphatic hydroxyl groups is 1. The zero-order valence-corrected chi connectivity index (χ0v) is 13.2. The van der Waals surface area contributed by atoms with Gasteiger partial charge in [0.2, 0.25) is 5.91 Å². The summed E-state index contributed by atoms with van der Waals surface area (Å²) in [7, 11) is 0. The number of fused-ring (bicyclic) bond motifs is 3. The van der Waals surface area contributed by atoms with E-state index in [0.717, 1.165) is 53.6 Å². The molecule has 4 N–H and O–H groups in total. The quantitative estimate of drug-likeness (QED) is 0.677. The van der Waals surface area contributed by atoms with E-state index in [0.29, 0.717) is 5.56 Å². The van der Waals surface area contributed by atoms with Crippen LogP contribution in [-0.4, -0.2) is 45.2 Å². The maximum absolute atomic E-state index is 11.5. The zero-order chi connectivity index (χ0) is 16.7. The first-order valence-electron chi connectivity index (χ1n) is 8.13. The second-order valence-corrected chi connectivity index (χ2v) is 6.20. The number of carbonyl (C=O) groups excluding carboxylic acids is 1. The predicted octanol–water partition coefficient (Wildman–Crippen LogP) is 1.56. The third-order valence-corrected chi connectivity index (χ3v) is 4.76. The van der Waals surface area contributed by atoms with Gasteiger partial charge < -0.3 is 20.7 Å². The van der Waals surface area contributed by atoms with Crippen LogP contribution < -0.4 is 10.6 Å². The van der Waals surface area contributed by atoms with E-state index < -0.39 is 5.91 Å². The van der Waals surface area contributed by atoms with E-state index in [1.165, 1.54) is 6.33 Å². The van der Waals surface area contributed by atoms with Crippen LogP contribution in [0.5, 0.6) is 0 Å². The van der Waals surface area contributed by atoms with Crippen LogP contribution in [0, 0.1) is 0 Å². The maximum atomic E-state index is 11.5. The Kier molecular flexibility index (Phi) is 3.57. The second-order valence-electron chi connectivity index (χ2n) is 6.20. The van der Waals surface area contributed by atoms with Crippen molar-refractivity contribution >= 4 is 33.7 Å². The van der Waals surface area contributed by atoms with E-state index in [4.69, 9.17) is 5.73 Å². The van der Waals surface area contributed by atoms with Crippen LogP contribution in [-0.2, 0) is 0 Å². The van der Waals surface area contributed by atoms with Crippen molar-refractivity contribution in [2.75, 3.05) is 18.1 Å². The van der Waals surface area contributed by atoms with Crippen molar-refractivity contribution in [3.8, 4) is 0 Å². The smallest absolute Gasteiger partial charge is 0.248 e. The molecule has 1 aliphatic heterocycles. The number of primary amides is 1. The van der Waals surface area contributed by atoms with Crippen molar-refractivity contribution in [3.05, 3.63) is 30.1 Å². The molecule has 0 radical (unpaired) electrons. The summed E-state index contributed by atoms with van der Waals surface area (Å²) in [5.41, 5.74) is 7.48. The minimum absolute atomic E-state index is 0.0566. The lowest BCUT2D eigenvalue weighted by Gasteiger charge is -2.35. The highest BCUT2D eigenvalue weighted by Crippen LogP contribution is 2.34. The summed E-state index contributed by atoms with van der Waals surface area (Å²) in [6, 6.07) is 5.37. The van der Waals surface area contributed by atoms with Gasteiger partial charge in [0, 0.05) is 23.0 Å². The number of aromatic nitrogens is 3. The predicted molar refractivity (Wildman–Crippen MR) is 92.0 cm³/mol. The topological polar surface area (TPSA) is 108 Å². The molecule has 7 nitrogen and oxygen atoms in total. The Morgan fingerprint density at radius 2 is 2.25 bits per heavy atom. The van der Waals surface area contributed by atoms with Crippen molar-refractivity contribution in [2.24, 2.45) is 5.73 Å². The van der Waals surface area contributed by atoms with E-state index in [1.807, 2.05) is 6.07 Å². The number of H-pyrrole nitrogens is 1. The van der Waals surface area contributed by atoms with Crippen LogP contribution in [0.1, 0.15) is 29.6 Å². The van der Waals surface area contributed by atoms with Crippen LogP contribution in [0.3, 0.4) is 0 Å². The molecule has 0 bridgehead atoms. The van der Waals surface area contributed by atoms with Gasteiger partial charge in [-0.3, -0.25) is 4.79 Å². The monoisotopic (exact) mass is 325 g/mol. The standard InChI is InChI=1S/C17H19N5O2/c18-15(24)10-4-5-13-12(7-10)14-16(21-13)19-9-20-17(14)22-6-2-1-3-11(22)8-23/h4-5,7,9,11,23H,1-3,6,8H2,(H2,18,24)(H,19,20,21). The van der Waals surface area contributed by atoms with Crippen LogP contribution in [0.4, 0.5) is 5.82 Å². The number of hydrogen-bond donors (Lipinski definition) is 3. The fraction of sp³-hybridized carbons (Fsp3) is 0.353. The Balaban J connectivity index is 1.96. The maximum Gasteiger partial charge on any atom is 0.248 e. The third-order valence-electron chi connectivity index (χ3n) is 4.76. The molecule has 1 saturated heterocycles. The number of nitrogens with one attached hydrogen (secondary N) is 1. The largest absolute Gasteiger partial charge is 0.394 e. The summed E-state index contributed by atoms with van der Waals surface area (Å²) in [6.07, 6.45) is 4.65. The first-order valence-corrected chi connectivity index (χ1v) is 8.13. The number of aliphatic hydroxyl groups excluding tert-OH is 1. The molecule has 1 unspecified atom stereocenters. The summed E-state index contributed by atoms with van der Waals surface area (Å²) in [6.45, 7) is 0.944. The number of carbonyl (C=O) groups is 1. The molecule has 3 aromatic rings. The van der Waals surface area contributed by atoms with Crippen molar-refractivity contribution in [3.63, 3.8) is 0 Å². The molecule has 0 spiro atoms. The van der Waals surface area contributed by atoms with Crippen molar-refractivity contribution in [1.29, 1.82) is 0 Å². The molecular formula is C17H19N5O2. The van der Waals surface area contributed by atoms with E-state index >= 15 is 0 Å². The molecule has 0 aliphatic carbocycles. The normalized spacial score (nSPS) is 18.4. The molecule has 2 aromatic heterocycles. The van der Waals surface area contributed by atoms with Crippen LogP contribution in [0.2, 0.25) is 0 Å². The number of hydrogen-bond acceptors (Lipinski definition) is 5. The highest BCUT2D eigenvalue weighted by Gasteiger charge is 2.26. The highest BCUT2D eigenvalue weighted by atomic mass is 16.3. The number of amides is 1. The number of piperidine rings is 1. The summed E-state index contributed by atoms with van der Waals surface area (Å²) in [5.74, 6) is 0.336. The van der Waals surface area contributed by atoms with E-state index in [9.17, 15) is 9.90 Å². The van der Waals surface area contributed by atoms with Gasteiger partial charge in [-0.1, -0.05) is 0 Å². The average Bonchev–Trinajstić information content (AvgIpc) is 2.99. The van der Waals surface area contributed by atoms with Crippen molar-refractivity contribution < 1.29 is 9.90 Å². The van der Waals surface area contributed by atoms with Gasteiger partial charge >= 0.3 is 0 Å². The molecule has 1 fully saturated rings. The van der Waals surface area contributed by atoms with Gasteiger partial charge in [0.1, 0.15) is 17.8 Å². The molecule has 1 aromatic carbocycles. The summed E-state index contributed by atoms with van der Waals surface area (Å²) in [5, 5.41) is 11.5. The summed E-state index contributed by atoms with van der Waals surface area (Å²) >= 11 is 0. The van der Waals surface area contributed by atoms with Gasteiger partial charge in [-0.05, 0) is 37.5 Å². The number of rotatable bonds is 3. The van der Waals surface area contributed by atoms with Gasteiger partial charge in [0.25, 0.3) is 0 Å². The van der Waals surface area contributed by atoms with Crippen LogP contribution in [0.25, 0.3) is 21.9 Å². The molecule has 1 amide bonds. The minimum Gasteiger partial charge on any atom is -0.394 e. The third kappa shape index (κ3) is 2.28. The van der Waals surface area contributed by atoms with E-state index in [2.05, 4.69) is 19.9 Å². The lowest BCUT2D eigenvalue weighted by molar-refractivity contribution is 0.100. The molecule has 0 saturated carbocycles. The SMILES string of the molecule is NC(=O)c1ccc2[nH]c3ncnc(N4CCCCC4CO)c3c2c1. The Bertz CT molecular complexity index is 920.